The molecule has 3 heteroatoms. The zero-order valence-electron chi connectivity index (χ0n) is 11.0. The molecule has 0 fully saturated rings. The Morgan fingerprint density at radius 3 is 2.42 bits per heavy atom. The van der Waals surface area contributed by atoms with E-state index in [0.29, 0.717) is 6.04 Å². The number of halogens is 1. The summed E-state index contributed by atoms with van der Waals surface area (Å²) in [6.07, 6.45) is 3.56. The summed E-state index contributed by atoms with van der Waals surface area (Å²) in [4.78, 5) is 1.46. The summed E-state index contributed by atoms with van der Waals surface area (Å²) >= 11 is 5.40. The first-order valence-electron chi connectivity index (χ1n) is 6.74. The molecule has 0 spiro atoms. The van der Waals surface area contributed by atoms with Gasteiger partial charge in [0.15, 0.2) is 0 Å². The van der Waals surface area contributed by atoms with E-state index in [-0.39, 0.29) is 0 Å². The smallest absolute Gasteiger partial charge is 0.0701 e. The van der Waals surface area contributed by atoms with Crippen molar-refractivity contribution in [1.82, 2.24) is 5.32 Å². The third-order valence-corrected chi connectivity index (χ3v) is 5.72. The van der Waals surface area contributed by atoms with E-state index in [1.54, 1.807) is 11.1 Å². The SMILES string of the molecule is CNC(Cc1ccc(Br)s1)C1Cc2ccccc2C1. The van der Waals surface area contributed by atoms with E-state index in [4.69, 9.17) is 0 Å². The summed E-state index contributed by atoms with van der Waals surface area (Å²) in [7, 11) is 2.09. The molecule has 1 aliphatic carbocycles. The lowest BCUT2D eigenvalue weighted by Gasteiger charge is -2.22. The van der Waals surface area contributed by atoms with Gasteiger partial charge in [0.1, 0.15) is 0 Å². The Hall–Kier alpha value is -0.640. The molecular formula is C16H18BrNS. The van der Waals surface area contributed by atoms with Crippen molar-refractivity contribution in [2.24, 2.45) is 5.92 Å². The van der Waals surface area contributed by atoms with Crippen LogP contribution in [0.15, 0.2) is 40.2 Å². The lowest BCUT2D eigenvalue weighted by molar-refractivity contribution is 0.385. The number of hydrogen-bond donors (Lipinski definition) is 1. The summed E-state index contributed by atoms with van der Waals surface area (Å²) in [5.41, 5.74) is 3.08. The molecule has 1 aromatic carbocycles. The molecule has 0 saturated heterocycles. The Labute approximate surface area is 127 Å². The van der Waals surface area contributed by atoms with Crippen molar-refractivity contribution in [2.45, 2.75) is 25.3 Å². The van der Waals surface area contributed by atoms with Crippen molar-refractivity contribution in [2.75, 3.05) is 7.05 Å². The monoisotopic (exact) mass is 335 g/mol. The molecule has 100 valence electrons. The van der Waals surface area contributed by atoms with Gasteiger partial charge >= 0.3 is 0 Å². The first-order chi connectivity index (χ1) is 9.26. The number of likely N-dealkylation sites (N-methyl/N-ethyl adjacent to an activating group) is 1. The van der Waals surface area contributed by atoms with Gasteiger partial charge in [-0.05, 0) is 71.4 Å². The number of rotatable bonds is 4. The molecular weight excluding hydrogens is 318 g/mol. The minimum atomic E-state index is 0.568. The molecule has 0 radical (unpaired) electrons. The van der Waals surface area contributed by atoms with Gasteiger partial charge < -0.3 is 5.32 Å². The Morgan fingerprint density at radius 2 is 1.89 bits per heavy atom. The van der Waals surface area contributed by atoms with Crippen molar-refractivity contribution in [3.8, 4) is 0 Å². The number of thiophene rings is 1. The number of nitrogens with one attached hydrogen (secondary N) is 1. The van der Waals surface area contributed by atoms with E-state index in [1.165, 1.54) is 21.5 Å². The highest BCUT2D eigenvalue weighted by Crippen LogP contribution is 2.31. The van der Waals surface area contributed by atoms with E-state index in [9.17, 15) is 0 Å². The van der Waals surface area contributed by atoms with Crippen LogP contribution in [0.3, 0.4) is 0 Å². The maximum atomic E-state index is 3.55. The summed E-state index contributed by atoms with van der Waals surface area (Å²) < 4.78 is 1.23. The molecule has 2 aromatic rings. The van der Waals surface area contributed by atoms with Crippen molar-refractivity contribution in [3.63, 3.8) is 0 Å². The Bertz CT molecular complexity index is 538. The third kappa shape index (κ3) is 2.93. The molecule has 1 aromatic heterocycles. The lowest BCUT2D eigenvalue weighted by atomic mass is 9.93. The average molecular weight is 336 g/mol. The normalized spacial score (nSPS) is 16.5. The van der Waals surface area contributed by atoms with Crippen LogP contribution in [0.5, 0.6) is 0 Å². The first-order valence-corrected chi connectivity index (χ1v) is 8.35. The summed E-state index contributed by atoms with van der Waals surface area (Å²) in [6, 6.07) is 13.8. The molecule has 1 atom stereocenters. The van der Waals surface area contributed by atoms with Gasteiger partial charge in [0.25, 0.3) is 0 Å². The highest BCUT2D eigenvalue weighted by Gasteiger charge is 2.27. The predicted octanol–water partition coefficient (Wildman–Crippen LogP) is 4.06. The van der Waals surface area contributed by atoms with Gasteiger partial charge in [0, 0.05) is 10.9 Å². The summed E-state index contributed by atoms with van der Waals surface area (Å²) in [5.74, 6) is 0.725. The van der Waals surface area contributed by atoms with Gasteiger partial charge in [-0.2, -0.15) is 0 Å². The second-order valence-electron chi connectivity index (χ2n) is 5.24. The van der Waals surface area contributed by atoms with Crippen LogP contribution in [0.4, 0.5) is 0 Å². The fourth-order valence-electron chi connectivity index (χ4n) is 3.06. The number of benzene rings is 1. The van der Waals surface area contributed by atoms with Crippen molar-refractivity contribution < 1.29 is 0 Å². The van der Waals surface area contributed by atoms with Crippen molar-refractivity contribution >= 4 is 27.3 Å². The Morgan fingerprint density at radius 1 is 1.21 bits per heavy atom. The lowest BCUT2D eigenvalue weighted by Crippen LogP contribution is -2.35. The van der Waals surface area contributed by atoms with E-state index >= 15 is 0 Å². The molecule has 3 rings (SSSR count). The molecule has 1 aliphatic rings. The molecule has 19 heavy (non-hydrogen) atoms. The van der Waals surface area contributed by atoms with Gasteiger partial charge in [-0.15, -0.1) is 11.3 Å². The quantitative estimate of drug-likeness (QED) is 0.888. The zero-order chi connectivity index (χ0) is 13.2. The maximum Gasteiger partial charge on any atom is 0.0701 e. The van der Waals surface area contributed by atoms with Crippen LogP contribution < -0.4 is 5.32 Å². The summed E-state index contributed by atoms with van der Waals surface area (Å²) in [6.45, 7) is 0. The minimum absolute atomic E-state index is 0.568. The van der Waals surface area contributed by atoms with Crippen LogP contribution >= 0.6 is 27.3 Å². The van der Waals surface area contributed by atoms with Gasteiger partial charge in [0.2, 0.25) is 0 Å². The molecule has 0 amide bonds. The maximum absolute atomic E-state index is 3.55. The van der Waals surface area contributed by atoms with Crippen molar-refractivity contribution in [1.29, 1.82) is 0 Å². The molecule has 1 nitrogen and oxygen atoms in total. The van der Waals surface area contributed by atoms with Crippen molar-refractivity contribution in [3.05, 3.63) is 56.2 Å². The fourth-order valence-corrected chi connectivity index (χ4v) is 4.60. The van der Waals surface area contributed by atoms with Gasteiger partial charge in [0.05, 0.1) is 3.79 Å². The highest BCUT2D eigenvalue weighted by molar-refractivity contribution is 9.11. The van der Waals surface area contributed by atoms with E-state index in [0.717, 1.165) is 12.3 Å². The molecule has 0 aliphatic heterocycles. The minimum Gasteiger partial charge on any atom is -0.316 e. The topological polar surface area (TPSA) is 12.0 Å². The van der Waals surface area contributed by atoms with Gasteiger partial charge in [-0.25, -0.2) is 0 Å². The number of fused-ring (bicyclic) bond motifs is 1. The van der Waals surface area contributed by atoms with Crippen LogP contribution in [-0.2, 0) is 19.3 Å². The van der Waals surface area contributed by atoms with E-state index in [1.807, 2.05) is 11.3 Å². The van der Waals surface area contributed by atoms with Crippen LogP contribution in [0.25, 0.3) is 0 Å². The van der Waals surface area contributed by atoms with Crippen LogP contribution in [0.2, 0.25) is 0 Å². The molecule has 1 N–H and O–H groups in total. The Kier molecular flexibility index (Phi) is 4.06. The third-order valence-electron chi connectivity index (χ3n) is 4.07. The molecule has 1 heterocycles. The Balaban J connectivity index is 1.71. The van der Waals surface area contributed by atoms with Crippen LogP contribution in [-0.4, -0.2) is 13.1 Å². The second kappa shape index (κ2) is 5.78. The van der Waals surface area contributed by atoms with Crippen LogP contribution in [0.1, 0.15) is 16.0 Å². The van der Waals surface area contributed by atoms with Gasteiger partial charge in [-0.3, -0.25) is 0 Å². The average Bonchev–Trinajstić information content (AvgIpc) is 3.01. The fraction of sp³-hybridized carbons (Fsp3) is 0.375. The molecule has 0 saturated carbocycles. The first kappa shape index (κ1) is 13.3. The zero-order valence-corrected chi connectivity index (χ0v) is 13.4. The standard InChI is InChI=1S/C16H18BrNS/c1-18-15(10-14-6-7-16(17)19-14)13-8-11-4-2-3-5-12(11)9-13/h2-7,13,15,18H,8-10H2,1H3. The highest BCUT2D eigenvalue weighted by atomic mass is 79.9. The number of hydrogen-bond acceptors (Lipinski definition) is 2. The van der Waals surface area contributed by atoms with E-state index < -0.39 is 0 Å². The molecule has 1 unspecified atom stereocenters. The largest absolute Gasteiger partial charge is 0.316 e. The summed E-state index contributed by atoms with van der Waals surface area (Å²) in [5, 5.41) is 3.53. The second-order valence-corrected chi connectivity index (χ2v) is 7.79. The van der Waals surface area contributed by atoms with E-state index in [2.05, 4.69) is 64.7 Å². The predicted molar refractivity (Wildman–Crippen MR) is 85.9 cm³/mol. The molecule has 0 bridgehead atoms. The van der Waals surface area contributed by atoms with Crippen LogP contribution in [0, 0.1) is 5.92 Å². The van der Waals surface area contributed by atoms with Gasteiger partial charge in [-0.1, -0.05) is 24.3 Å².